The molecule has 1 rings (SSSR count). The fourth-order valence-corrected chi connectivity index (χ4v) is 1.50. The van der Waals surface area contributed by atoms with E-state index < -0.39 is 0 Å². The van der Waals surface area contributed by atoms with Crippen LogP contribution in [0.15, 0.2) is 18.2 Å². The molecule has 0 aliphatic rings. The highest BCUT2D eigenvalue weighted by Crippen LogP contribution is 2.28. The van der Waals surface area contributed by atoms with Gasteiger partial charge in [-0.3, -0.25) is 0 Å². The summed E-state index contributed by atoms with van der Waals surface area (Å²) in [4.78, 5) is 0. The Labute approximate surface area is 83.5 Å². The number of rotatable bonds is 2. The Hall–Kier alpha value is -0.200. The molecule has 65 valence electrons. The highest BCUT2D eigenvalue weighted by molar-refractivity contribution is 6.33. The van der Waals surface area contributed by atoms with Gasteiger partial charge in [0.2, 0.25) is 0 Å². The molecule has 1 aromatic carbocycles. The number of hydrogen-bond acceptors (Lipinski definition) is 0. The first kappa shape index (κ1) is 9.88. The zero-order valence-corrected chi connectivity index (χ0v) is 8.49. The van der Waals surface area contributed by atoms with E-state index in [2.05, 4.69) is 13.8 Å². The molecule has 0 amide bonds. The summed E-state index contributed by atoms with van der Waals surface area (Å²) in [6, 6.07) is 5.48. The molecule has 0 saturated carbocycles. The van der Waals surface area contributed by atoms with E-state index in [-0.39, 0.29) is 5.92 Å². The fourth-order valence-electron chi connectivity index (χ4n) is 1.05. The summed E-state index contributed by atoms with van der Waals surface area (Å²) in [6.07, 6.45) is 0.972. The maximum absolute atomic E-state index is 5.97. The van der Waals surface area contributed by atoms with Crippen LogP contribution >= 0.6 is 23.2 Å². The smallest absolute Gasteiger partial charge is 0.0441 e. The molecule has 12 heavy (non-hydrogen) atoms. The zero-order valence-electron chi connectivity index (χ0n) is 6.98. The lowest BCUT2D eigenvalue weighted by molar-refractivity contribution is 0.802. The minimum absolute atomic E-state index is 0.233. The molecule has 0 N–H and O–H groups in total. The van der Waals surface area contributed by atoms with Gasteiger partial charge in [0.25, 0.3) is 0 Å². The van der Waals surface area contributed by atoms with E-state index in [9.17, 15) is 0 Å². The molecule has 0 heterocycles. The van der Waals surface area contributed by atoms with E-state index in [1.807, 2.05) is 12.1 Å². The van der Waals surface area contributed by atoms with Crippen molar-refractivity contribution in [3.63, 3.8) is 0 Å². The Morgan fingerprint density at radius 3 is 2.67 bits per heavy atom. The third kappa shape index (κ3) is 2.15. The van der Waals surface area contributed by atoms with Gasteiger partial charge in [-0.15, -0.1) is 0 Å². The van der Waals surface area contributed by atoms with Gasteiger partial charge in [-0.1, -0.05) is 30.1 Å². The number of hydrogen-bond donors (Lipinski definition) is 0. The van der Waals surface area contributed by atoms with Crippen LogP contribution in [0, 0.1) is 6.92 Å². The maximum atomic E-state index is 5.97. The summed E-state index contributed by atoms with van der Waals surface area (Å²) in [5, 5.41) is 1.47. The van der Waals surface area contributed by atoms with Crippen LogP contribution in [0.3, 0.4) is 0 Å². The van der Waals surface area contributed by atoms with Gasteiger partial charge in [0, 0.05) is 10.0 Å². The lowest BCUT2D eigenvalue weighted by Gasteiger charge is -2.10. The van der Waals surface area contributed by atoms with Gasteiger partial charge in [0.1, 0.15) is 0 Å². The monoisotopic (exact) mass is 201 g/mol. The lowest BCUT2D eigenvalue weighted by atomic mass is 9.99. The van der Waals surface area contributed by atoms with Crippen molar-refractivity contribution in [2.75, 3.05) is 0 Å². The second kappa shape index (κ2) is 4.15. The highest BCUT2D eigenvalue weighted by Gasteiger charge is 2.07. The maximum Gasteiger partial charge on any atom is 0.0441 e. The fraction of sp³-hybridized carbons (Fsp3) is 0.300. The van der Waals surface area contributed by atoms with Gasteiger partial charge in [0.05, 0.1) is 0 Å². The summed E-state index contributed by atoms with van der Waals surface area (Å²) >= 11 is 11.8. The quantitative estimate of drug-likeness (QED) is 0.669. The first-order valence-corrected chi connectivity index (χ1v) is 4.68. The molecule has 0 aromatic heterocycles. The summed E-state index contributed by atoms with van der Waals surface area (Å²) in [7, 11) is 0. The molecule has 0 aliphatic heterocycles. The second-order valence-electron chi connectivity index (χ2n) is 2.77. The Morgan fingerprint density at radius 2 is 2.08 bits per heavy atom. The van der Waals surface area contributed by atoms with Crippen molar-refractivity contribution in [3.05, 3.63) is 40.7 Å². The summed E-state index contributed by atoms with van der Waals surface area (Å²) in [5.74, 6) is 0.233. The van der Waals surface area contributed by atoms with Crippen LogP contribution in [-0.4, -0.2) is 0 Å². The van der Waals surface area contributed by atoms with Gasteiger partial charge < -0.3 is 0 Å². The first-order valence-electron chi connectivity index (χ1n) is 3.93. The molecule has 1 aromatic rings. The minimum atomic E-state index is 0.233. The molecule has 1 atom stereocenters. The highest BCUT2D eigenvalue weighted by atomic mass is 35.5. The second-order valence-corrected chi connectivity index (χ2v) is 3.61. The van der Waals surface area contributed by atoms with Crippen molar-refractivity contribution in [2.45, 2.75) is 19.3 Å². The molecule has 0 spiro atoms. The van der Waals surface area contributed by atoms with Crippen molar-refractivity contribution in [2.24, 2.45) is 0 Å². The average Bonchev–Trinajstić information content (AvgIpc) is 2.08. The van der Waals surface area contributed by atoms with Crippen LogP contribution in [0.4, 0.5) is 0 Å². The van der Waals surface area contributed by atoms with E-state index in [0.29, 0.717) is 0 Å². The van der Waals surface area contributed by atoms with Gasteiger partial charge >= 0.3 is 0 Å². The predicted molar refractivity (Wildman–Crippen MR) is 54.9 cm³/mol. The van der Waals surface area contributed by atoms with E-state index in [4.69, 9.17) is 23.2 Å². The Kier molecular flexibility index (Phi) is 3.42. The van der Waals surface area contributed by atoms with Crippen LogP contribution in [0.2, 0.25) is 10.0 Å². The Bertz CT molecular complexity index is 269. The van der Waals surface area contributed by atoms with Crippen LogP contribution in [0.25, 0.3) is 0 Å². The molecule has 0 aliphatic carbocycles. The van der Waals surface area contributed by atoms with Crippen molar-refractivity contribution < 1.29 is 0 Å². The Balaban J connectivity index is 3.04. The lowest BCUT2D eigenvalue weighted by Crippen LogP contribution is -1.92. The van der Waals surface area contributed by atoms with Crippen LogP contribution in [0.1, 0.15) is 24.8 Å². The SMILES string of the molecule is [CH2]C(CC)c1cc(Cl)ccc1Cl. The van der Waals surface area contributed by atoms with E-state index in [1.165, 1.54) is 0 Å². The number of halogens is 2. The average molecular weight is 202 g/mol. The molecular weight excluding hydrogens is 191 g/mol. The van der Waals surface area contributed by atoms with Crippen molar-refractivity contribution in [3.8, 4) is 0 Å². The van der Waals surface area contributed by atoms with Gasteiger partial charge in [-0.2, -0.15) is 0 Å². The molecule has 0 bridgehead atoms. The van der Waals surface area contributed by atoms with E-state index in [0.717, 1.165) is 22.0 Å². The number of benzene rings is 1. The van der Waals surface area contributed by atoms with Crippen LogP contribution < -0.4 is 0 Å². The molecule has 1 unspecified atom stereocenters. The molecule has 0 nitrogen and oxygen atoms in total. The van der Waals surface area contributed by atoms with E-state index in [1.54, 1.807) is 6.07 Å². The van der Waals surface area contributed by atoms with Crippen molar-refractivity contribution in [1.82, 2.24) is 0 Å². The van der Waals surface area contributed by atoms with Crippen molar-refractivity contribution >= 4 is 23.2 Å². The molecule has 1 radical (unpaired) electrons. The largest absolute Gasteiger partial charge is 0.0843 e. The summed E-state index contributed by atoms with van der Waals surface area (Å²) < 4.78 is 0. The summed E-state index contributed by atoms with van der Waals surface area (Å²) in [5.41, 5.74) is 1.03. The third-order valence-corrected chi connectivity index (χ3v) is 2.47. The van der Waals surface area contributed by atoms with Gasteiger partial charge in [-0.25, -0.2) is 0 Å². The van der Waals surface area contributed by atoms with Gasteiger partial charge in [-0.05, 0) is 43.0 Å². The molecule has 0 fully saturated rings. The first-order chi connectivity index (χ1) is 5.65. The molecule has 0 saturated heterocycles. The molecule has 2 heteroatoms. The van der Waals surface area contributed by atoms with Crippen LogP contribution in [-0.2, 0) is 0 Å². The normalized spacial score (nSPS) is 13.0. The van der Waals surface area contributed by atoms with Gasteiger partial charge in [0.15, 0.2) is 0 Å². The zero-order chi connectivity index (χ0) is 9.14. The topological polar surface area (TPSA) is 0 Å². The standard InChI is InChI=1S/C10H11Cl2/c1-3-7(2)9-6-8(11)4-5-10(9)12/h4-7H,2-3H2,1H3. The Morgan fingerprint density at radius 1 is 1.42 bits per heavy atom. The van der Waals surface area contributed by atoms with Crippen LogP contribution in [0.5, 0.6) is 0 Å². The predicted octanol–water partition coefficient (Wildman–Crippen LogP) is 4.32. The molecular formula is C10H11Cl2. The van der Waals surface area contributed by atoms with E-state index >= 15 is 0 Å². The minimum Gasteiger partial charge on any atom is -0.0843 e. The third-order valence-electron chi connectivity index (χ3n) is 1.89. The van der Waals surface area contributed by atoms with Crippen molar-refractivity contribution in [1.29, 1.82) is 0 Å². The summed E-state index contributed by atoms with van der Waals surface area (Å²) in [6.45, 7) is 6.06.